The first kappa shape index (κ1) is 20.6. The molecule has 1 aliphatic heterocycles. The van der Waals surface area contributed by atoms with E-state index in [9.17, 15) is 4.79 Å². The summed E-state index contributed by atoms with van der Waals surface area (Å²) in [6, 6.07) is 4.10. The number of nitrogens with one attached hydrogen (secondary N) is 1. The second kappa shape index (κ2) is 8.63. The van der Waals surface area contributed by atoms with Gasteiger partial charge in [-0.1, -0.05) is 0 Å². The Hall–Kier alpha value is -2.62. The van der Waals surface area contributed by atoms with E-state index in [4.69, 9.17) is 9.72 Å². The van der Waals surface area contributed by atoms with E-state index in [2.05, 4.69) is 26.4 Å². The number of hydrogen-bond donors (Lipinski definition) is 1. The molecule has 158 valence electrons. The molecule has 1 aliphatic rings. The third-order valence-corrected chi connectivity index (χ3v) is 6.12. The van der Waals surface area contributed by atoms with Crippen molar-refractivity contribution >= 4 is 22.4 Å². The maximum atomic E-state index is 12.5. The number of carbonyl (C=O) groups is 1. The van der Waals surface area contributed by atoms with Crippen molar-refractivity contribution in [1.29, 1.82) is 0 Å². The summed E-state index contributed by atoms with van der Waals surface area (Å²) in [5, 5.41) is 7.82. The Morgan fingerprint density at radius 1 is 1.27 bits per heavy atom. The van der Waals surface area contributed by atoms with Gasteiger partial charge >= 0.3 is 0 Å². The van der Waals surface area contributed by atoms with Crippen LogP contribution in [0.5, 0.6) is 0 Å². The number of amides is 1. The zero-order chi connectivity index (χ0) is 21.3. The fraction of sp³-hybridized carbons (Fsp3) is 0.429. The van der Waals surface area contributed by atoms with Crippen LogP contribution in [-0.4, -0.2) is 56.8 Å². The first-order valence-corrected chi connectivity index (χ1v) is 10.7. The van der Waals surface area contributed by atoms with Gasteiger partial charge in [0.15, 0.2) is 5.13 Å². The van der Waals surface area contributed by atoms with Crippen LogP contribution in [0.25, 0.3) is 11.1 Å². The molecule has 3 aromatic heterocycles. The maximum Gasteiger partial charge on any atom is 0.240 e. The van der Waals surface area contributed by atoms with Crippen LogP contribution in [0.15, 0.2) is 24.5 Å². The molecule has 4 rings (SSSR count). The Balaban J connectivity index is 1.43. The molecular formula is C21H26N6O2S. The van der Waals surface area contributed by atoms with Gasteiger partial charge in [-0.15, -0.1) is 11.3 Å². The Morgan fingerprint density at radius 3 is 2.80 bits per heavy atom. The number of nitrogens with zero attached hydrogens (tertiary/aromatic N) is 5. The third-order valence-electron chi connectivity index (χ3n) is 5.13. The van der Waals surface area contributed by atoms with Crippen molar-refractivity contribution in [3.63, 3.8) is 0 Å². The van der Waals surface area contributed by atoms with Crippen molar-refractivity contribution in [3.05, 3.63) is 46.5 Å². The van der Waals surface area contributed by atoms with Gasteiger partial charge < -0.3 is 10.1 Å². The molecule has 3 aromatic rings. The number of rotatable bonds is 5. The molecule has 0 bridgehead atoms. The Bertz CT molecular complexity index is 1040. The molecule has 0 unspecified atom stereocenters. The molecule has 9 heteroatoms. The summed E-state index contributed by atoms with van der Waals surface area (Å²) in [4.78, 5) is 24.8. The van der Waals surface area contributed by atoms with Gasteiger partial charge in [-0.3, -0.25) is 19.4 Å². The zero-order valence-electron chi connectivity index (χ0n) is 17.7. The van der Waals surface area contributed by atoms with Gasteiger partial charge in [0.25, 0.3) is 0 Å². The first-order valence-electron chi connectivity index (χ1n) is 9.93. The maximum absolute atomic E-state index is 12.5. The second-order valence-corrected chi connectivity index (χ2v) is 8.83. The predicted molar refractivity (Wildman–Crippen MR) is 117 cm³/mol. The molecule has 1 fully saturated rings. The molecule has 8 nitrogen and oxygen atoms in total. The van der Waals surface area contributed by atoms with Gasteiger partial charge in [0.1, 0.15) is 6.10 Å². The Morgan fingerprint density at radius 2 is 2.10 bits per heavy atom. The quantitative estimate of drug-likeness (QED) is 0.675. The molecular weight excluding hydrogens is 400 g/mol. The number of morpholine rings is 1. The van der Waals surface area contributed by atoms with E-state index in [-0.39, 0.29) is 12.0 Å². The molecule has 1 amide bonds. The Labute approximate surface area is 179 Å². The summed E-state index contributed by atoms with van der Waals surface area (Å²) < 4.78 is 7.78. The number of anilines is 1. The normalized spacial score (nSPS) is 17.3. The summed E-state index contributed by atoms with van der Waals surface area (Å²) >= 11 is 1.50. The molecule has 4 heterocycles. The highest BCUT2D eigenvalue weighted by atomic mass is 32.1. The van der Waals surface area contributed by atoms with E-state index in [1.54, 1.807) is 4.68 Å². The van der Waals surface area contributed by atoms with E-state index in [0.717, 1.165) is 33.1 Å². The standard InChI is InChI=1S/C21H26N6O2S/c1-13-7-16(17-9-22-26(4)10-17)8-18(23-13)19-11-27(5-6-29-19)12-20(28)25-21-24-14(2)15(3)30-21/h7-10,19H,5-6,11-12H2,1-4H3,(H,24,25,28)/t19-/m0/s1. The molecule has 0 aliphatic carbocycles. The van der Waals surface area contributed by atoms with Crippen LogP contribution in [0.2, 0.25) is 0 Å². The van der Waals surface area contributed by atoms with Crippen LogP contribution in [0.3, 0.4) is 0 Å². The molecule has 0 aromatic carbocycles. The number of aromatic nitrogens is 4. The van der Waals surface area contributed by atoms with Gasteiger partial charge in [-0.05, 0) is 38.5 Å². The SMILES string of the molecule is Cc1cc(-c2cnn(C)c2)cc([C@@H]2CN(CC(=O)Nc3nc(C)c(C)s3)CCO2)n1. The number of carbonyl (C=O) groups excluding carboxylic acids is 1. The van der Waals surface area contributed by atoms with Crippen molar-refractivity contribution in [2.75, 3.05) is 31.6 Å². The highest BCUT2D eigenvalue weighted by Gasteiger charge is 2.25. The van der Waals surface area contributed by atoms with Gasteiger partial charge in [-0.25, -0.2) is 4.98 Å². The van der Waals surface area contributed by atoms with E-state index in [1.807, 2.05) is 46.3 Å². The lowest BCUT2D eigenvalue weighted by Crippen LogP contribution is -2.42. The van der Waals surface area contributed by atoms with Crippen molar-refractivity contribution in [3.8, 4) is 11.1 Å². The van der Waals surface area contributed by atoms with E-state index >= 15 is 0 Å². The average Bonchev–Trinajstić information content (AvgIpc) is 3.26. The van der Waals surface area contributed by atoms with E-state index in [1.165, 1.54) is 11.3 Å². The predicted octanol–water partition coefficient (Wildman–Crippen LogP) is 2.88. The van der Waals surface area contributed by atoms with E-state index in [0.29, 0.717) is 31.4 Å². The first-order chi connectivity index (χ1) is 14.4. The van der Waals surface area contributed by atoms with Gasteiger partial charge in [0, 0.05) is 42.5 Å². The molecule has 0 spiro atoms. The molecule has 30 heavy (non-hydrogen) atoms. The van der Waals surface area contributed by atoms with Gasteiger partial charge in [0.05, 0.1) is 30.7 Å². The summed E-state index contributed by atoms with van der Waals surface area (Å²) in [5.74, 6) is -0.0577. The fourth-order valence-corrected chi connectivity index (χ4v) is 4.34. The zero-order valence-corrected chi connectivity index (χ0v) is 18.5. The smallest absolute Gasteiger partial charge is 0.240 e. The molecule has 1 saturated heterocycles. The topological polar surface area (TPSA) is 85.2 Å². The van der Waals surface area contributed by atoms with Crippen molar-refractivity contribution < 1.29 is 9.53 Å². The highest BCUT2D eigenvalue weighted by molar-refractivity contribution is 7.15. The average molecular weight is 427 g/mol. The van der Waals surface area contributed by atoms with Crippen molar-refractivity contribution in [2.45, 2.75) is 26.9 Å². The molecule has 0 saturated carbocycles. The minimum absolute atomic E-state index is 0.0577. The van der Waals surface area contributed by atoms with Crippen LogP contribution in [-0.2, 0) is 16.6 Å². The third kappa shape index (κ3) is 4.75. The second-order valence-electron chi connectivity index (χ2n) is 7.63. The fourth-order valence-electron chi connectivity index (χ4n) is 3.51. The van der Waals surface area contributed by atoms with Crippen LogP contribution in [0.1, 0.15) is 28.1 Å². The Kier molecular flexibility index (Phi) is 5.94. The van der Waals surface area contributed by atoms with Crippen molar-refractivity contribution in [2.24, 2.45) is 7.05 Å². The van der Waals surface area contributed by atoms with Crippen LogP contribution in [0, 0.1) is 20.8 Å². The lowest BCUT2D eigenvalue weighted by molar-refractivity contribution is -0.119. The monoisotopic (exact) mass is 426 g/mol. The molecule has 1 atom stereocenters. The minimum atomic E-state index is -0.175. The van der Waals surface area contributed by atoms with Gasteiger partial charge in [0.2, 0.25) is 5.91 Å². The lowest BCUT2D eigenvalue weighted by atomic mass is 10.1. The summed E-state index contributed by atoms with van der Waals surface area (Å²) in [6.07, 6.45) is 3.66. The highest BCUT2D eigenvalue weighted by Crippen LogP contribution is 2.27. The lowest BCUT2D eigenvalue weighted by Gasteiger charge is -2.32. The number of pyridine rings is 1. The largest absolute Gasteiger partial charge is 0.369 e. The van der Waals surface area contributed by atoms with Crippen molar-refractivity contribution in [1.82, 2.24) is 24.6 Å². The number of thiazole rings is 1. The number of hydrogen-bond acceptors (Lipinski definition) is 7. The van der Waals surface area contributed by atoms with Crippen LogP contribution >= 0.6 is 11.3 Å². The van der Waals surface area contributed by atoms with Crippen LogP contribution in [0.4, 0.5) is 5.13 Å². The van der Waals surface area contributed by atoms with E-state index < -0.39 is 0 Å². The summed E-state index contributed by atoms with van der Waals surface area (Å²) in [5.41, 5.74) is 4.88. The molecule has 0 radical (unpaired) electrons. The minimum Gasteiger partial charge on any atom is -0.369 e. The van der Waals surface area contributed by atoms with Gasteiger partial charge in [-0.2, -0.15) is 5.10 Å². The number of aryl methyl sites for hydroxylation is 4. The summed E-state index contributed by atoms with van der Waals surface area (Å²) in [6.45, 7) is 8.12. The van der Waals surface area contributed by atoms with Crippen LogP contribution < -0.4 is 5.32 Å². The molecule has 1 N–H and O–H groups in total. The summed E-state index contributed by atoms with van der Waals surface area (Å²) in [7, 11) is 1.90. The number of ether oxygens (including phenoxy) is 1.